The molecular formula is C18H24O. The third-order valence-electron chi connectivity index (χ3n) is 3.07. The Balaban J connectivity index is 2.28. The van der Waals surface area contributed by atoms with Gasteiger partial charge in [0.05, 0.1) is 0 Å². The minimum absolute atomic E-state index is 0.0513. The largest absolute Gasteiger partial charge is 0.303 e. The van der Waals surface area contributed by atoms with Crippen LogP contribution in [0, 0.1) is 5.92 Å². The van der Waals surface area contributed by atoms with Gasteiger partial charge in [0.15, 0.2) is 0 Å². The summed E-state index contributed by atoms with van der Waals surface area (Å²) < 4.78 is 0. The van der Waals surface area contributed by atoms with Crippen LogP contribution in [0.25, 0.3) is 6.08 Å². The van der Waals surface area contributed by atoms with Gasteiger partial charge in [-0.1, -0.05) is 68.0 Å². The van der Waals surface area contributed by atoms with Crippen molar-refractivity contribution in [2.45, 2.75) is 39.0 Å². The molecule has 0 aliphatic carbocycles. The Hall–Kier alpha value is -1.63. The van der Waals surface area contributed by atoms with Crippen LogP contribution in [0.1, 0.15) is 44.6 Å². The van der Waals surface area contributed by atoms with Crippen molar-refractivity contribution in [2.24, 2.45) is 5.92 Å². The van der Waals surface area contributed by atoms with Gasteiger partial charge in [0.2, 0.25) is 0 Å². The molecule has 102 valence electrons. The van der Waals surface area contributed by atoms with Crippen molar-refractivity contribution in [2.75, 3.05) is 0 Å². The van der Waals surface area contributed by atoms with Crippen molar-refractivity contribution in [3.8, 4) is 0 Å². The van der Waals surface area contributed by atoms with E-state index in [1.807, 2.05) is 42.5 Å². The maximum atomic E-state index is 11.0. The van der Waals surface area contributed by atoms with Crippen LogP contribution < -0.4 is 0 Å². The highest BCUT2D eigenvalue weighted by molar-refractivity contribution is 5.61. The van der Waals surface area contributed by atoms with Crippen molar-refractivity contribution in [3.63, 3.8) is 0 Å². The minimum Gasteiger partial charge on any atom is -0.303 e. The molecule has 0 radical (unpaired) electrons. The van der Waals surface area contributed by atoms with E-state index in [2.05, 4.69) is 19.1 Å². The Morgan fingerprint density at radius 3 is 2.58 bits per heavy atom. The average molecular weight is 256 g/mol. The van der Waals surface area contributed by atoms with E-state index in [1.165, 1.54) is 6.42 Å². The molecule has 19 heavy (non-hydrogen) atoms. The fourth-order valence-corrected chi connectivity index (χ4v) is 1.94. The molecule has 0 fully saturated rings. The molecule has 0 aliphatic heterocycles. The Kier molecular flexibility index (Phi) is 8.37. The van der Waals surface area contributed by atoms with Crippen LogP contribution in [0.2, 0.25) is 0 Å². The van der Waals surface area contributed by atoms with Gasteiger partial charge in [-0.3, -0.25) is 0 Å². The lowest BCUT2D eigenvalue weighted by atomic mass is 10.0. The summed E-state index contributed by atoms with van der Waals surface area (Å²) in [4.78, 5) is 11.0. The van der Waals surface area contributed by atoms with Crippen LogP contribution in [-0.2, 0) is 4.79 Å². The predicted molar refractivity (Wildman–Crippen MR) is 82.9 cm³/mol. The van der Waals surface area contributed by atoms with Gasteiger partial charge >= 0.3 is 0 Å². The SMILES string of the molecule is CC/C=C\CCCC[C@@H](C=O)/C=C/c1ccccc1. The molecule has 0 saturated carbocycles. The Morgan fingerprint density at radius 2 is 1.89 bits per heavy atom. The first-order chi connectivity index (χ1) is 9.36. The van der Waals surface area contributed by atoms with E-state index in [0.717, 1.165) is 37.5 Å². The number of carbonyl (C=O) groups excluding carboxylic acids is 1. The quantitative estimate of drug-likeness (QED) is 0.343. The number of allylic oxidation sites excluding steroid dienone is 3. The van der Waals surface area contributed by atoms with Gasteiger partial charge in [0, 0.05) is 5.92 Å². The molecule has 0 unspecified atom stereocenters. The molecule has 0 heterocycles. The smallest absolute Gasteiger partial charge is 0.126 e. The lowest BCUT2D eigenvalue weighted by Gasteiger charge is -2.04. The summed E-state index contributed by atoms with van der Waals surface area (Å²) in [5, 5.41) is 0. The molecular weight excluding hydrogens is 232 g/mol. The third kappa shape index (κ3) is 7.40. The van der Waals surface area contributed by atoms with Gasteiger partial charge in [0.25, 0.3) is 0 Å². The lowest BCUT2D eigenvalue weighted by molar-refractivity contribution is -0.110. The van der Waals surface area contributed by atoms with Gasteiger partial charge in [-0.2, -0.15) is 0 Å². The third-order valence-corrected chi connectivity index (χ3v) is 3.07. The Labute approximate surface area is 117 Å². The highest BCUT2D eigenvalue weighted by Crippen LogP contribution is 2.12. The number of rotatable bonds is 9. The van der Waals surface area contributed by atoms with Gasteiger partial charge in [-0.15, -0.1) is 0 Å². The maximum Gasteiger partial charge on any atom is 0.126 e. The van der Waals surface area contributed by atoms with Crippen LogP contribution in [0.4, 0.5) is 0 Å². The second-order valence-electron chi connectivity index (χ2n) is 4.73. The highest BCUT2D eigenvalue weighted by atomic mass is 16.1. The van der Waals surface area contributed by atoms with Crippen molar-refractivity contribution >= 4 is 12.4 Å². The summed E-state index contributed by atoms with van der Waals surface area (Å²) in [7, 11) is 0. The summed E-state index contributed by atoms with van der Waals surface area (Å²) in [5.74, 6) is 0.0513. The van der Waals surface area contributed by atoms with E-state index in [9.17, 15) is 4.79 Å². The minimum atomic E-state index is 0.0513. The zero-order chi connectivity index (χ0) is 13.8. The Bertz CT molecular complexity index is 389. The van der Waals surface area contributed by atoms with Crippen LogP contribution in [-0.4, -0.2) is 6.29 Å². The van der Waals surface area contributed by atoms with Crippen LogP contribution in [0.3, 0.4) is 0 Å². The molecule has 1 aromatic carbocycles. The summed E-state index contributed by atoms with van der Waals surface area (Å²) in [5.41, 5.74) is 1.15. The summed E-state index contributed by atoms with van der Waals surface area (Å²) in [6.07, 6.45) is 15.0. The molecule has 0 aliphatic rings. The molecule has 0 amide bonds. The van der Waals surface area contributed by atoms with E-state index < -0.39 is 0 Å². The molecule has 0 bridgehead atoms. The first-order valence-corrected chi connectivity index (χ1v) is 7.20. The second-order valence-corrected chi connectivity index (χ2v) is 4.73. The highest BCUT2D eigenvalue weighted by Gasteiger charge is 2.01. The van der Waals surface area contributed by atoms with Crippen LogP contribution in [0.5, 0.6) is 0 Å². The van der Waals surface area contributed by atoms with Gasteiger partial charge in [-0.05, 0) is 31.2 Å². The molecule has 0 aromatic heterocycles. The number of unbranched alkanes of at least 4 members (excludes halogenated alkanes) is 2. The fraction of sp³-hybridized carbons (Fsp3) is 0.389. The van der Waals surface area contributed by atoms with Crippen molar-refractivity contribution in [1.29, 1.82) is 0 Å². The topological polar surface area (TPSA) is 17.1 Å². The van der Waals surface area contributed by atoms with Crippen LogP contribution in [0.15, 0.2) is 48.6 Å². The van der Waals surface area contributed by atoms with Gasteiger partial charge in [0.1, 0.15) is 6.29 Å². The number of hydrogen-bond acceptors (Lipinski definition) is 1. The Morgan fingerprint density at radius 1 is 1.11 bits per heavy atom. The van der Waals surface area contributed by atoms with Crippen molar-refractivity contribution in [1.82, 2.24) is 0 Å². The van der Waals surface area contributed by atoms with Gasteiger partial charge in [-0.25, -0.2) is 0 Å². The maximum absolute atomic E-state index is 11.0. The normalized spacial score (nSPS) is 13.1. The number of benzene rings is 1. The van der Waals surface area contributed by atoms with Crippen LogP contribution >= 0.6 is 0 Å². The molecule has 1 rings (SSSR count). The lowest BCUT2D eigenvalue weighted by Crippen LogP contribution is -1.97. The van der Waals surface area contributed by atoms with E-state index in [4.69, 9.17) is 0 Å². The monoisotopic (exact) mass is 256 g/mol. The summed E-state index contributed by atoms with van der Waals surface area (Å²) >= 11 is 0. The van der Waals surface area contributed by atoms with Gasteiger partial charge < -0.3 is 4.79 Å². The van der Waals surface area contributed by atoms with E-state index >= 15 is 0 Å². The first-order valence-electron chi connectivity index (χ1n) is 7.20. The van der Waals surface area contributed by atoms with E-state index in [-0.39, 0.29) is 5.92 Å². The molecule has 1 aromatic rings. The van der Waals surface area contributed by atoms with Crippen molar-refractivity contribution in [3.05, 3.63) is 54.1 Å². The number of aldehydes is 1. The van der Waals surface area contributed by atoms with Crippen molar-refractivity contribution < 1.29 is 4.79 Å². The zero-order valence-electron chi connectivity index (χ0n) is 11.8. The summed E-state index contributed by atoms with van der Waals surface area (Å²) in [6, 6.07) is 10.1. The number of carbonyl (C=O) groups is 1. The van der Waals surface area contributed by atoms with E-state index in [1.54, 1.807) is 0 Å². The molecule has 0 spiro atoms. The second kappa shape index (κ2) is 10.3. The summed E-state index contributed by atoms with van der Waals surface area (Å²) in [6.45, 7) is 2.15. The first kappa shape index (κ1) is 15.4. The zero-order valence-corrected chi connectivity index (χ0v) is 11.8. The number of hydrogen-bond donors (Lipinski definition) is 0. The van der Waals surface area contributed by atoms with E-state index in [0.29, 0.717) is 0 Å². The molecule has 0 N–H and O–H groups in total. The predicted octanol–water partition coefficient (Wildman–Crippen LogP) is 5.04. The molecule has 0 saturated heterocycles. The standard InChI is InChI=1S/C18H24O/c1-2-3-4-5-6-8-13-18(16-19)15-14-17-11-9-7-10-12-17/h3-4,7,9-12,14-16,18H,2,5-6,8,13H2,1H3/b4-3-,15-14+/t18-/m1/s1. The molecule has 1 atom stereocenters. The molecule has 1 heteroatoms. The average Bonchev–Trinajstić information content (AvgIpc) is 2.47. The fourth-order valence-electron chi connectivity index (χ4n) is 1.94. The molecule has 1 nitrogen and oxygen atoms in total.